The molecule has 0 aromatic rings. The molecule has 5 heteroatoms. The standard InChI is InChI=1S/C7H16N2O2S/c1-7(8)6-9-2-4-12(10,11)5-3-9/h7H,2-6,8H2,1H3/t7-/m1/s1. The molecule has 1 aliphatic rings. The topological polar surface area (TPSA) is 63.4 Å². The van der Waals surface area contributed by atoms with Crippen molar-refractivity contribution in [3.8, 4) is 0 Å². The molecule has 12 heavy (non-hydrogen) atoms. The number of nitrogens with two attached hydrogens (primary N) is 1. The van der Waals surface area contributed by atoms with Crippen molar-refractivity contribution in [3.05, 3.63) is 0 Å². The maximum atomic E-state index is 11.0. The van der Waals surface area contributed by atoms with Crippen molar-refractivity contribution in [3.63, 3.8) is 0 Å². The lowest BCUT2D eigenvalue weighted by Gasteiger charge is -2.27. The Labute approximate surface area is 73.6 Å². The second-order valence-corrected chi connectivity index (χ2v) is 5.73. The van der Waals surface area contributed by atoms with Gasteiger partial charge in [0.05, 0.1) is 11.5 Å². The van der Waals surface area contributed by atoms with Crippen LogP contribution in [0.5, 0.6) is 0 Å². The number of hydrogen-bond acceptors (Lipinski definition) is 4. The van der Waals surface area contributed by atoms with Crippen molar-refractivity contribution in [2.75, 3.05) is 31.1 Å². The molecule has 0 spiro atoms. The Morgan fingerprint density at radius 3 is 2.33 bits per heavy atom. The van der Waals surface area contributed by atoms with Crippen LogP contribution in [0.1, 0.15) is 6.92 Å². The summed E-state index contributed by atoms with van der Waals surface area (Å²) in [4.78, 5) is 2.10. The summed E-state index contributed by atoms with van der Waals surface area (Å²) >= 11 is 0. The molecule has 72 valence electrons. The van der Waals surface area contributed by atoms with Gasteiger partial charge < -0.3 is 5.73 Å². The lowest BCUT2D eigenvalue weighted by Crippen LogP contribution is -2.44. The van der Waals surface area contributed by atoms with E-state index in [0.29, 0.717) is 24.6 Å². The fourth-order valence-electron chi connectivity index (χ4n) is 1.34. The van der Waals surface area contributed by atoms with Crippen LogP contribution in [0.4, 0.5) is 0 Å². The molecule has 0 radical (unpaired) electrons. The molecule has 1 fully saturated rings. The summed E-state index contributed by atoms with van der Waals surface area (Å²) in [5.74, 6) is 0.583. The Morgan fingerprint density at radius 2 is 1.92 bits per heavy atom. The van der Waals surface area contributed by atoms with E-state index in [1.165, 1.54) is 0 Å². The van der Waals surface area contributed by atoms with Gasteiger partial charge in [0.25, 0.3) is 0 Å². The lowest BCUT2D eigenvalue weighted by atomic mass is 10.3. The average Bonchev–Trinajstić information content (AvgIpc) is 1.93. The van der Waals surface area contributed by atoms with Crippen molar-refractivity contribution < 1.29 is 8.42 Å². The highest BCUT2D eigenvalue weighted by Crippen LogP contribution is 2.03. The van der Waals surface area contributed by atoms with E-state index in [4.69, 9.17) is 5.73 Å². The third-order valence-corrected chi connectivity index (χ3v) is 3.59. The van der Waals surface area contributed by atoms with Crippen molar-refractivity contribution in [2.45, 2.75) is 13.0 Å². The molecule has 0 aromatic heterocycles. The van der Waals surface area contributed by atoms with Gasteiger partial charge in [0, 0.05) is 25.7 Å². The lowest BCUT2D eigenvalue weighted by molar-refractivity contribution is 0.281. The van der Waals surface area contributed by atoms with E-state index in [9.17, 15) is 8.42 Å². The average molecular weight is 192 g/mol. The summed E-state index contributed by atoms with van der Waals surface area (Å²) < 4.78 is 22.0. The Hall–Kier alpha value is -0.130. The minimum absolute atomic E-state index is 0.130. The molecule has 0 saturated carbocycles. The molecule has 0 aliphatic carbocycles. The van der Waals surface area contributed by atoms with Crippen molar-refractivity contribution in [1.82, 2.24) is 4.90 Å². The molecule has 4 nitrogen and oxygen atoms in total. The first-order chi connectivity index (χ1) is 5.49. The van der Waals surface area contributed by atoms with Crippen LogP contribution in [0, 0.1) is 0 Å². The Bertz CT molecular complexity index is 222. The van der Waals surface area contributed by atoms with Crippen LogP contribution in [0.15, 0.2) is 0 Å². The Kier molecular flexibility index (Phi) is 3.09. The van der Waals surface area contributed by atoms with Crippen LogP contribution in [-0.2, 0) is 9.84 Å². The zero-order valence-electron chi connectivity index (χ0n) is 7.36. The molecular weight excluding hydrogens is 176 g/mol. The Morgan fingerprint density at radius 1 is 1.42 bits per heavy atom. The minimum atomic E-state index is -2.73. The fourth-order valence-corrected chi connectivity index (χ4v) is 2.62. The minimum Gasteiger partial charge on any atom is -0.327 e. The van der Waals surface area contributed by atoms with Crippen LogP contribution in [0.3, 0.4) is 0 Å². The first-order valence-electron chi connectivity index (χ1n) is 4.18. The van der Waals surface area contributed by atoms with Gasteiger partial charge in [-0.1, -0.05) is 0 Å². The quantitative estimate of drug-likeness (QED) is 0.613. The summed E-state index contributed by atoms with van der Waals surface area (Å²) in [5.41, 5.74) is 5.60. The van der Waals surface area contributed by atoms with Crippen LogP contribution in [0.2, 0.25) is 0 Å². The third kappa shape index (κ3) is 3.08. The van der Waals surface area contributed by atoms with Crippen molar-refractivity contribution in [1.29, 1.82) is 0 Å². The summed E-state index contributed by atoms with van der Waals surface area (Å²) in [6, 6.07) is 0.130. The van der Waals surface area contributed by atoms with Gasteiger partial charge in [0.2, 0.25) is 0 Å². The smallest absolute Gasteiger partial charge is 0.152 e. The number of nitrogens with zero attached hydrogens (tertiary/aromatic N) is 1. The molecule has 1 saturated heterocycles. The van der Waals surface area contributed by atoms with E-state index in [0.717, 1.165) is 6.54 Å². The predicted molar refractivity (Wildman–Crippen MR) is 48.7 cm³/mol. The second kappa shape index (κ2) is 3.72. The summed E-state index contributed by atoms with van der Waals surface area (Å²) in [7, 11) is -2.73. The summed E-state index contributed by atoms with van der Waals surface area (Å²) in [6.07, 6.45) is 0. The van der Waals surface area contributed by atoms with Gasteiger partial charge in [-0.15, -0.1) is 0 Å². The molecular formula is C7H16N2O2S. The van der Waals surface area contributed by atoms with E-state index < -0.39 is 9.84 Å². The van der Waals surface area contributed by atoms with E-state index >= 15 is 0 Å². The molecule has 1 aliphatic heterocycles. The maximum Gasteiger partial charge on any atom is 0.152 e. The molecule has 0 bridgehead atoms. The second-order valence-electron chi connectivity index (χ2n) is 3.43. The fraction of sp³-hybridized carbons (Fsp3) is 1.00. The zero-order valence-corrected chi connectivity index (χ0v) is 8.18. The highest BCUT2D eigenvalue weighted by atomic mass is 32.2. The van der Waals surface area contributed by atoms with Gasteiger partial charge in [-0.2, -0.15) is 0 Å². The number of sulfone groups is 1. The molecule has 0 amide bonds. The van der Waals surface area contributed by atoms with E-state index in [1.54, 1.807) is 0 Å². The van der Waals surface area contributed by atoms with Crippen LogP contribution >= 0.6 is 0 Å². The monoisotopic (exact) mass is 192 g/mol. The predicted octanol–water partition coefficient (Wildman–Crippen LogP) is -0.936. The number of hydrogen-bond donors (Lipinski definition) is 1. The first-order valence-corrected chi connectivity index (χ1v) is 6.00. The zero-order chi connectivity index (χ0) is 9.19. The summed E-state index contributed by atoms with van der Waals surface area (Å²) in [5, 5.41) is 0. The molecule has 2 N–H and O–H groups in total. The molecule has 1 atom stereocenters. The van der Waals surface area contributed by atoms with Gasteiger partial charge in [0.15, 0.2) is 9.84 Å². The number of rotatable bonds is 2. The first kappa shape index (κ1) is 9.95. The van der Waals surface area contributed by atoms with Gasteiger partial charge in [-0.3, -0.25) is 4.90 Å². The van der Waals surface area contributed by atoms with E-state index in [-0.39, 0.29) is 6.04 Å². The highest BCUT2D eigenvalue weighted by Gasteiger charge is 2.21. The molecule has 0 unspecified atom stereocenters. The van der Waals surface area contributed by atoms with E-state index in [1.807, 2.05) is 6.92 Å². The largest absolute Gasteiger partial charge is 0.327 e. The molecule has 0 aromatic carbocycles. The molecule has 1 heterocycles. The van der Waals surface area contributed by atoms with Gasteiger partial charge in [0.1, 0.15) is 0 Å². The third-order valence-electron chi connectivity index (χ3n) is 1.98. The normalized spacial score (nSPS) is 26.8. The van der Waals surface area contributed by atoms with Gasteiger partial charge in [-0.25, -0.2) is 8.42 Å². The highest BCUT2D eigenvalue weighted by molar-refractivity contribution is 7.91. The van der Waals surface area contributed by atoms with Crippen LogP contribution in [0.25, 0.3) is 0 Å². The van der Waals surface area contributed by atoms with Crippen molar-refractivity contribution >= 4 is 9.84 Å². The van der Waals surface area contributed by atoms with Gasteiger partial charge >= 0.3 is 0 Å². The maximum absolute atomic E-state index is 11.0. The van der Waals surface area contributed by atoms with Crippen LogP contribution in [-0.4, -0.2) is 50.5 Å². The SMILES string of the molecule is C[C@@H](N)CN1CCS(=O)(=O)CC1. The molecule has 1 rings (SSSR count). The summed E-state index contributed by atoms with van der Waals surface area (Å²) in [6.45, 7) is 4.02. The van der Waals surface area contributed by atoms with Crippen molar-refractivity contribution in [2.24, 2.45) is 5.73 Å². The van der Waals surface area contributed by atoms with Crippen LogP contribution < -0.4 is 5.73 Å². The van der Waals surface area contributed by atoms with Gasteiger partial charge in [-0.05, 0) is 6.92 Å². The Balaban J connectivity index is 2.36. The van der Waals surface area contributed by atoms with E-state index in [2.05, 4.69) is 4.90 Å².